The molecule has 1 amide bonds. The lowest BCUT2D eigenvalue weighted by Crippen LogP contribution is -2.45. The van der Waals surface area contributed by atoms with Gasteiger partial charge in [-0.05, 0) is 49.1 Å². The summed E-state index contributed by atoms with van der Waals surface area (Å²) >= 11 is 0. The Bertz CT molecular complexity index is 1180. The van der Waals surface area contributed by atoms with E-state index < -0.39 is 6.10 Å². The molecule has 5 rings (SSSR count). The van der Waals surface area contributed by atoms with E-state index in [9.17, 15) is 14.7 Å². The predicted molar refractivity (Wildman–Crippen MR) is 124 cm³/mol. The number of β-amino-alcohol motifs (C(OH)–C–C–N with tert-alkyl or cyclic N) is 1. The van der Waals surface area contributed by atoms with Crippen molar-refractivity contribution in [3.63, 3.8) is 0 Å². The number of benzene rings is 2. The lowest BCUT2D eigenvalue weighted by atomic mass is 9.94. The van der Waals surface area contributed by atoms with E-state index in [1.54, 1.807) is 24.3 Å². The van der Waals surface area contributed by atoms with Gasteiger partial charge in [-0.25, -0.2) is 4.79 Å². The Balaban J connectivity index is 1.13. The van der Waals surface area contributed by atoms with Crippen LogP contribution in [-0.4, -0.2) is 52.7 Å². The summed E-state index contributed by atoms with van der Waals surface area (Å²) in [4.78, 5) is 26.6. The summed E-state index contributed by atoms with van der Waals surface area (Å²) in [6, 6.07) is 12.8. The number of esters is 1. The molecule has 2 N–H and O–H groups in total. The molecule has 0 spiro atoms. The van der Waals surface area contributed by atoms with Gasteiger partial charge in [-0.3, -0.25) is 4.79 Å². The molecule has 176 valence electrons. The number of rotatable bonds is 6. The second kappa shape index (κ2) is 9.40. The van der Waals surface area contributed by atoms with E-state index in [1.165, 1.54) is 6.26 Å². The van der Waals surface area contributed by atoms with Crippen LogP contribution in [-0.2, 0) is 11.3 Å². The van der Waals surface area contributed by atoms with E-state index in [0.717, 1.165) is 53.9 Å². The molecule has 34 heavy (non-hydrogen) atoms. The molecule has 0 unspecified atom stereocenters. The zero-order valence-electron chi connectivity index (χ0n) is 19.0. The maximum atomic E-state index is 12.7. The first-order valence-electron chi connectivity index (χ1n) is 11.5. The molecule has 1 aromatic heterocycles. The van der Waals surface area contributed by atoms with Gasteiger partial charge in [-0.15, -0.1) is 0 Å². The minimum absolute atomic E-state index is 0.0873. The largest absolute Gasteiger partial charge is 0.457 e. The van der Waals surface area contributed by atoms with Gasteiger partial charge in [0.15, 0.2) is 0 Å². The fourth-order valence-corrected chi connectivity index (χ4v) is 4.75. The average Bonchev–Trinajstić information content (AvgIpc) is 3.51. The fourth-order valence-electron chi connectivity index (χ4n) is 4.75. The van der Waals surface area contributed by atoms with E-state index in [2.05, 4.69) is 15.4 Å². The van der Waals surface area contributed by atoms with Crippen LogP contribution >= 0.6 is 0 Å². The minimum Gasteiger partial charge on any atom is -0.457 e. The second-order valence-electron chi connectivity index (χ2n) is 8.91. The van der Waals surface area contributed by atoms with Gasteiger partial charge in [-0.2, -0.15) is 0 Å². The Morgan fingerprint density at radius 1 is 1.18 bits per heavy atom. The summed E-state index contributed by atoms with van der Waals surface area (Å²) < 4.78 is 9.98. The van der Waals surface area contributed by atoms with Gasteiger partial charge in [0.05, 0.1) is 11.7 Å². The predicted octanol–water partition coefficient (Wildman–Crippen LogP) is 3.25. The van der Waals surface area contributed by atoms with Gasteiger partial charge in [0.2, 0.25) is 0 Å². The summed E-state index contributed by atoms with van der Waals surface area (Å²) in [7, 11) is 0. The maximum absolute atomic E-state index is 12.7. The highest BCUT2D eigenvalue weighted by Gasteiger charge is 2.27. The lowest BCUT2D eigenvalue weighted by Gasteiger charge is -2.33. The molecule has 1 saturated heterocycles. The van der Waals surface area contributed by atoms with Crippen molar-refractivity contribution >= 4 is 11.9 Å². The van der Waals surface area contributed by atoms with Crippen molar-refractivity contribution in [2.75, 3.05) is 19.6 Å². The minimum atomic E-state index is -0.643. The quantitative estimate of drug-likeness (QED) is 0.543. The second-order valence-corrected chi connectivity index (χ2v) is 8.91. The number of fused-ring (bicyclic) bond motifs is 1. The lowest BCUT2D eigenvalue weighted by molar-refractivity contribution is 0.0534. The highest BCUT2D eigenvalue weighted by atomic mass is 16.5. The number of carbonyl (C=O) groups excluding carboxylic acids is 2. The van der Waals surface area contributed by atoms with E-state index in [1.807, 2.05) is 25.1 Å². The molecular weight excluding hydrogens is 434 g/mol. The van der Waals surface area contributed by atoms with Crippen molar-refractivity contribution in [1.82, 2.24) is 15.4 Å². The number of aromatic nitrogens is 1. The molecule has 1 fully saturated rings. The van der Waals surface area contributed by atoms with Crippen LogP contribution in [0.3, 0.4) is 0 Å². The molecule has 2 aliphatic heterocycles. The summed E-state index contributed by atoms with van der Waals surface area (Å²) in [6.45, 7) is 4.30. The number of nitrogens with one attached hydrogen (secondary N) is 1. The normalized spacial score (nSPS) is 17.3. The van der Waals surface area contributed by atoms with Crippen molar-refractivity contribution < 1.29 is 24.0 Å². The van der Waals surface area contributed by atoms with Crippen molar-refractivity contribution in [2.24, 2.45) is 0 Å². The topological polar surface area (TPSA) is 105 Å². The first-order valence-corrected chi connectivity index (χ1v) is 11.5. The number of piperidine rings is 1. The monoisotopic (exact) mass is 461 g/mol. The van der Waals surface area contributed by atoms with Crippen LogP contribution in [0, 0.1) is 6.92 Å². The Morgan fingerprint density at radius 2 is 1.94 bits per heavy atom. The fraction of sp³-hybridized carbons (Fsp3) is 0.346. The van der Waals surface area contributed by atoms with Crippen molar-refractivity contribution in [3.8, 4) is 11.3 Å². The average molecular weight is 462 g/mol. The molecule has 0 saturated carbocycles. The number of aliphatic hydroxyl groups excluding tert-OH is 1. The zero-order chi connectivity index (χ0) is 23.7. The van der Waals surface area contributed by atoms with Crippen LogP contribution in [0.25, 0.3) is 11.3 Å². The Morgan fingerprint density at radius 3 is 2.65 bits per heavy atom. The number of amides is 1. The smallest absolute Gasteiger partial charge is 0.338 e. The molecule has 1 atom stereocenters. The molecule has 8 nitrogen and oxygen atoms in total. The highest BCUT2D eigenvalue weighted by Crippen LogP contribution is 2.30. The summed E-state index contributed by atoms with van der Waals surface area (Å²) in [5.74, 6) is -0.384. The number of ether oxygens (including phenoxy) is 1. The summed E-state index contributed by atoms with van der Waals surface area (Å²) in [5, 5.41) is 17.9. The van der Waals surface area contributed by atoms with Gasteiger partial charge in [0.1, 0.15) is 18.6 Å². The zero-order valence-corrected chi connectivity index (χ0v) is 19.0. The number of likely N-dealkylation sites (tertiary alicyclic amines) is 1. The van der Waals surface area contributed by atoms with Crippen LogP contribution in [0.15, 0.2) is 53.3 Å². The van der Waals surface area contributed by atoms with Crippen molar-refractivity contribution in [3.05, 3.63) is 76.5 Å². The number of hydrogen-bond donors (Lipinski definition) is 2. The SMILES string of the molecule is Cc1c([C@@H](O)CN2CCC(NC(=O)c3ccc(-c4ccon4)cc3)CC2)ccc2c1COC2=O. The van der Waals surface area contributed by atoms with Gasteiger partial charge in [0, 0.05) is 48.4 Å². The molecule has 0 bridgehead atoms. The highest BCUT2D eigenvalue weighted by molar-refractivity contribution is 5.95. The Kier molecular flexibility index (Phi) is 6.17. The van der Waals surface area contributed by atoms with Crippen LogP contribution in [0.1, 0.15) is 56.4 Å². The number of cyclic esters (lactones) is 1. The molecule has 2 aromatic carbocycles. The van der Waals surface area contributed by atoms with E-state index in [4.69, 9.17) is 9.26 Å². The molecular formula is C26H27N3O5. The van der Waals surface area contributed by atoms with Crippen molar-refractivity contribution in [1.29, 1.82) is 0 Å². The first kappa shape index (κ1) is 22.3. The molecule has 3 heterocycles. The molecule has 2 aliphatic rings. The van der Waals surface area contributed by atoms with Gasteiger partial charge >= 0.3 is 5.97 Å². The Labute approximate surface area is 197 Å². The standard InChI is InChI=1S/C26H27N3O5/c1-16-20(6-7-21-22(16)15-33-26(21)32)24(30)14-29-11-8-19(9-12-29)27-25(31)18-4-2-17(3-5-18)23-10-13-34-28-23/h2-7,10,13,19,24,30H,8-9,11-12,14-15H2,1H3,(H,27,31)/t24-/m0/s1. The number of hydrogen-bond acceptors (Lipinski definition) is 7. The van der Waals surface area contributed by atoms with Crippen LogP contribution in [0.4, 0.5) is 0 Å². The van der Waals surface area contributed by atoms with Crippen molar-refractivity contribution in [2.45, 2.75) is 38.5 Å². The molecule has 3 aromatic rings. The third kappa shape index (κ3) is 4.47. The summed E-state index contributed by atoms with van der Waals surface area (Å²) in [5.41, 5.74) is 5.47. The van der Waals surface area contributed by atoms with Gasteiger partial charge < -0.3 is 24.6 Å². The summed E-state index contributed by atoms with van der Waals surface area (Å²) in [6.07, 6.45) is 2.52. The van der Waals surface area contributed by atoms with Gasteiger partial charge in [0.25, 0.3) is 5.91 Å². The maximum Gasteiger partial charge on any atom is 0.338 e. The Hall–Kier alpha value is -3.49. The molecule has 8 heteroatoms. The van der Waals surface area contributed by atoms with E-state index in [0.29, 0.717) is 17.7 Å². The number of carbonyl (C=O) groups is 2. The third-order valence-electron chi connectivity index (χ3n) is 6.80. The van der Waals surface area contributed by atoms with Crippen LogP contribution < -0.4 is 5.32 Å². The van der Waals surface area contributed by atoms with E-state index >= 15 is 0 Å². The van der Waals surface area contributed by atoms with E-state index in [-0.39, 0.29) is 24.5 Å². The number of nitrogens with zero attached hydrogens (tertiary/aromatic N) is 2. The van der Waals surface area contributed by atoms with Crippen LogP contribution in [0.5, 0.6) is 0 Å². The third-order valence-corrected chi connectivity index (χ3v) is 6.80. The van der Waals surface area contributed by atoms with Crippen LogP contribution in [0.2, 0.25) is 0 Å². The first-order chi connectivity index (χ1) is 16.5. The molecule has 0 aliphatic carbocycles. The number of aliphatic hydroxyl groups is 1. The molecule has 0 radical (unpaired) electrons. The van der Waals surface area contributed by atoms with Gasteiger partial charge in [-0.1, -0.05) is 23.4 Å².